The Balaban J connectivity index is 1.80. The summed E-state index contributed by atoms with van der Waals surface area (Å²) in [7, 11) is 0. The van der Waals surface area contributed by atoms with Crippen LogP contribution in [0.15, 0.2) is 24.3 Å². The molecule has 1 unspecified atom stereocenters. The summed E-state index contributed by atoms with van der Waals surface area (Å²) in [5.41, 5.74) is 1.10. The topological polar surface area (TPSA) is 84.5 Å². The van der Waals surface area contributed by atoms with Crippen molar-refractivity contribution in [2.75, 3.05) is 6.61 Å². The molecule has 1 heterocycles. The Morgan fingerprint density at radius 2 is 2.05 bits per heavy atom. The summed E-state index contributed by atoms with van der Waals surface area (Å²) >= 11 is 0. The lowest BCUT2D eigenvalue weighted by atomic mass is 10.2. The maximum Gasteiger partial charge on any atom is 0.258 e. The van der Waals surface area contributed by atoms with Crippen molar-refractivity contribution in [3.05, 3.63) is 29.8 Å². The molecule has 1 saturated heterocycles. The SMILES string of the molecule is Cc1ccc(OCC(=O)NC2CC(=O)NC2=O)cc1. The van der Waals surface area contributed by atoms with Crippen LogP contribution in [0.3, 0.4) is 0 Å². The van der Waals surface area contributed by atoms with Crippen molar-refractivity contribution < 1.29 is 19.1 Å². The molecule has 6 nitrogen and oxygen atoms in total. The quantitative estimate of drug-likeness (QED) is 0.742. The second-order valence-electron chi connectivity index (χ2n) is 4.34. The average Bonchev–Trinajstić information content (AvgIpc) is 2.67. The van der Waals surface area contributed by atoms with Gasteiger partial charge in [0.15, 0.2) is 6.61 Å². The van der Waals surface area contributed by atoms with E-state index < -0.39 is 17.9 Å². The van der Waals surface area contributed by atoms with Gasteiger partial charge in [0.25, 0.3) is 5.91 Å². The van der Waals surface area contributed by atoms with Gasteiger partial charge in [-0.15, -0.1) is 0 Å². The van der Waals surface area contributed by atoms with Gasteiger partial charge < -0.3 is 10.1 Å². The van der Waals surface area contributed by atoms with Crippen molar-refractivity contribution in [2.45, 2.75) is 19.4 Å². The normalized spacial score (nSPS) is 18.1. The Morgan fingerprint density at radius 3 is 2.63 bits per heavy atom. The number of nitrogens with one attached hydrogen (secondary N) is 2. The summed E-state index contributed by atoms with van der Waals surface area (Å²) in [6.07, 6.45) is -0.0187. The Bertz CT molecular complexity index is 510. The maximum atomic E-state index is 11.6. The van der Waals surface area contributed by atoms with E-state index in [0.717, 1.165) is 5.56 Å². The van der Waals surface area contributed by atoms with Crippen molar-refractivity contribution in [1.82, 2.24) is 10.6 Å². The molecule has 6 heteroatoms. The second-order valence-corrected chi connectivity index (χ2v) is 4.34. The molecule has 0 radical (unpaired) electrons. The molecule has 0 saturated carbocycles. The average molecular weight is 262 g/mol. The zero-order valence-electron chi connectivity index (χ0n) is 10.4. The van der Waals surface area contributed by atoms with Gasteiger partial charge in [-0.1, -0.05) is 17.7 Å². The van der Waals surface area contributed by atoms with E-state index in [2.05, 4.69) is 10.6 Å². The zero-order chi connectivity index (χ0) is 13.8. The Kier molecular flexibility index (Phi) is 3.79. The first kappa shape index (κ1) is 13.1. The van der Waals surface area contributed by atoms with Gasteiger partial charge in [-0.05, 0) is 19.1 Å². The highest BCUT2D eigenvalue weighted by atomic mass is 16.5. The Labute approximate surface area is 110 Å². The number of hydrogen-bond acceptors (Lipinski definition) is 4. The molecule has 100 valence electrons. The zero-order valence-corrected chi connectivity index (χ0v) is 10.4. The predicted octanol–water partition coefficient (Wildman–Crippen LogP) is -0.0949. The van der Waals surface area contributed by atoms with E-state index in [1.165, 1.54) is 0 Å². The summed E-state index contributed by atoms with van der Waals surface area (Å²) in [6, 6.07) is 6.47. The molecule has 0 spiro atoms. The van der Waals surface area contributed by atoms with Gasteiger partial charge in [-0.2, -0.15) is 0 Å². The van der Waals surface area contributed by atoms with E-state index in [-0.39, 0.29) is 18.9 Å². The highest BCUT2D eigenvalue weighted by Gasteiger charge is 2.31. The van der Waals surface area contributed by atoms with E-state index in [1.807, 2.05) is 19.1 Å². The first-order valence-corrected chi connectivity index (χ1v) is 5.87. The van der Waals surface area contributed by atoms with Gasteiger partial charge in [0.05, 0.1) is 6.42 Å². The predicted molar refractivity (Wildman–Crippen MR) is 66.4 cm³/mol. The first-order chi connectivity index (χ1) is 9.04. The molecule has 1 aliphatic rings. The van der Waals surface area contributed by atoms with Gasteiger partial charge in [0.2, 0.25) is 11.8 Å². The van der Waals surface area contributed by atoms with Crippen LogP contribution in [0.25, 0.3) is 0 Å². The van der Waals surface area contributed by atoms with Crippen LogP contribution in [0, 0.1) is 6.92 Å². The second kappa shape index (κ2) is 5.51. The third-order valence-corrected chi connectivity index (χ3v) is 2.69. The molecule has 1 aliphatic heterocycles. The lowest BCUT2D eigenvalue weighted by molar-refractivity contribution is -0.129. The van der Waals surface area contributed by atoms with Crippen molar-refractivity contribution >= 4 is 17.7 Å². The highest BCUT2D eigenvalue weighted by molar-refractivity contribution is 6.06. The lowest BCUT2D eigenvalue weighted by Gasteiger charge is -2.10. The fourth-order valence-electron chi connectivity index (χ4n) is 1.69. The first-order valence-electron chi connectivity index (χ1n) is 5.87. The molecule has 1 atom stereocenters. The molecular formula is C13H14N2O4. The third-order valence-electron chi connectivity index (χ3n) is 2.69. The van der Waals surface area contributed by atoms with E-state index in [4.69, 9.17) is 4.74 Å². The van der Waals surface area contributed by atoms with Crippen molar-refractivity contribution in [3.63, 3.8) is 0 Å². The maximum absolute atomic E-state index is 11.6. The number of ether oxygens (including phenoxy) is 1. The summed E-state index contributed by atoms with van der Waals surface area (Å²) in [5, 5.41) is 4.56. The number of benzene rings is 1. The van der Waals surface area contributed by atoms with Gasteiger partial charge in [0.1, 0.15) is 11.8 Å². The van der Waals surface area contributed by atoms with E-state index in [9.17, 15) is 14.4 Å². The molecular weight excluding hydrogens is 248 g/mol. The molecule has 1 aromatic carbocycles. The number of carbonyl (C=O) groups excluding carboxylic acids is 3. The molecule has 0 bridgehead atoms. The number of carbonyl (C=O) groups is 3. The van der Waals surface area contributed by atoms with Crippen LogP contribution in [-0.4, -0.2) is 30.4 Å². The smallest absolute Gasteiger partial charge is 0.258 e. The summed E-state index contributed by atoms with van der Waals surface area (Å²) in [4.78, 5) is 33.8. The standard InChI is InChI=1S/C13H14N2O4/c1-8-2-4-9(5-3-8)19-7-12(17)14-10-6-11(16)15-13(10)18/h2-5,10H,6-7H2,1H3,(H,14,17)(H,15,16,18). The molecule has 3 amide bonds. The number of rotatable bonds is 4. The molecule has 0 aromatic heterocycles. The summed E-state index contributed by atoms with van der Waals surface area (Å²) in [6.45, 7) is 1.76. The van der Waals surface area contributed by atoms with Crippen LogP contribution in [0.5, 0.6) is 5.75 Å². The van der Waals surface area contributed by atoms with Crippen LogP contribution in [0.4, 0.5) is 0 Å². The van der Waals surface area contributed by atoms with Gasteiger partial charge in [-0.25, -0.2) is 0 Å². The van der Waals surface area contributed by atoms with E-state index in [1.54, 1.807) is 12.1 Å². The Hall–Kier alpha value is -2.37. The van der Waals surface area contributed by atoms with Gasteiger partial charge in [-0.3, -0.25) is 19.7 Å². The minimum Gasteiger partial charge on any atom is -0.484 e. The van der Waals surface area contributed by atoms with Crippen molar-refractivity contribution in [1.29, 1.82) is 0 Å². The summed E-state index contributed by atoms with van der Waals surface area (Å²) in [5.74, 6) is -0.716. The number of amides is 3. The number of hydrogen-bond donors (Lipinski definition) is 2. The molecule has 1 aromatic rings. The summed E-state index contributed by atoms with van der Waals surface area (Å²) < 4.78 is 5.27. The molecule has 19 heavy (non-hydrogen) atoms. The third kappa shape index (κ3) is 3.54. The van der Waals surface area contributed by atoms with E-state index in [0.29, 0.717) is 5.75 Å². The minimum absolute atomic E-state index is 0.0187. The van der Waals surface area contributed by atoms with Crippen LogP contribution in [0.2, 0.25) is 0 Å². The van der Waals surface area contributed by atoms with E-state index >= 15 is 0 Å². The molecule has 2 rings (SSSR count). The largest absolute Gasteiger partial charge is 0.484 e. The fourth-order valence-corrected chi connectivity index (χ4v) is 1.69. The lowest BCUT2D eigenvalue weighted by Crippen LogP contribution is -2.42. The van der Waals surface area contributed by atoms with Crippen molar-refractivity contribution in [2.24, 2.45) is 0 Å². The monoisotopic (exact) mass is 262 g/mol. The molecule has 0 aliphatic carbocycles. The number of imide groups is 1. The Morgan fingerprint density at radius 1 is 1.37 bits per heavy atom. The highest BCUT2D eigenvalue weighted by Crippen LogP contribution is 2.11. The number of aryl methyl sites for hydroxylation is 1. The van der Waals surface area contributed by atoms with Crippen LogP contribution in [0.1, 0.15) is 12.0 Å². The fraction of sp³-hybridized carbons (Fsp3) is 0.308. The molecule has 2 N–H and O–H groups in total. The minimum atomic E-state index is -0.790. The molecule has 1 fully saturated rings. The van der Waals surface area contributed by atoms with Crippen molar-refractivity contribution in [3.8, 4) is 5.75 Å². The van der Waals surface area contributed by atoms with Crippen LogP contribution < -0.4 is 15.4 Å². The van der Waals surface area contributed by atoms with Crippen LogP contribution >= 0.6 is 0 Å². The van der Waals surface area contributed by atoms with Gasteiger partial charge >= 0.3 is 0 Å². The van der Waals surface area contributed by atoms with Crippen LogP contribution in [-0.2, 0) is 14.4 Å². The van der Waals surface area contributed by atoms with Gasteiger partial charge in [0, 0.05) is 0 Å².